The first-order chi connectivity index (χ1) is 9.74. The molecule has 0 aliphatic rings. The van der Waals surface area contributed by atoms with E-state index in [0.717, 1.165) is 21.1 Å². The fourth-order valence-electron chi connectivity index (χ4n) is 2.02. The van der Waals surface area contributed by atoms with E-state index in [1.54, 1.807) is 6.20 Å². The highest BCUT2D eigenvalue weighted by molar-refractivity contribution is 9.10. The maximum absolute atomic E-state index is 5.88. The van der Waals surface area contributed by atoms with Crippen LogP contribution in [0.5, 0.6) is 0 Å². The Morgan fingerprint density at radius 2 is 2.00 bits per heavy atom. The lowest BCUT2D eigenvalue weighted by atomic mass is 10.1. The topological polar surface area (TPSA) is 37.8 Å². The minimum absolute atomic E-state index is 0.463. The zero-order chi connectivity index (χ0) is 13.9. The Labute approximate surface area is 130 Å². The number of fused-ring (bicyclic) bond motifs is 1. The zero-order valence-corrected chi connectivity index (χ0v) is 12.8. The van der Waals surface area contributed by atoms with Crippen LogP contribution in [0.4, 0.5) is 5.69 Å². The minimum Gasteiger partial charge on any atom is -0.380 e. The number of aromatic nitrogens is 2. The van der Waals surface area contributed by atoms with E-state index >= 15 is 0 Å². The Bertz CT molecular complexity index is 756. The number of para-hydroxylation sites is 1. The molecule has 0 aliphatic carbocycles. The molecule has 2 aromatic heterocycles. The second-order valence-electron chi connectivity index (χ2n) is 4.34. The molecular formula is C15H11BrClN3. The third kappa shape index (κ3) is 2.76. The van der Waals surface area contributed by atoms with Crippen molar-refractivity contribution in [2.75, 3.05) is 5.32 Å². The Kier molecular flexibility index (Phi) is 3.85. The van der Waals surface area contributed by atoms with Gasteiger partial charge in [-0.3, -0.25) is 4.98 Å². The smallest absolute Gasteiger partial charge is 0.143 e. The van der Waals surface area contributed by atoms with Crippen molar-refractivity contribution >= 4 is 44.1 Å². The summed E-state index contributed by atoms with van der Waals surface area (Å²) >= 11 is 9.25. The Morgan fingerprint density at radius 3 is 2.85 bits per heavy atom. The summed E-state index contributed by atoms with van der Waals surface area (Å²) in [5.74, 6) is 0. The second-order valence-corrected chi connectivity index (χ2v) is 5.55. The first kappa shape index (κ1) is 13.3. The lowest BCUT2D eigenvalue weighted by Gasteiger charge is -2.09. The fourth-order valence-corrected chi connectivity index (χ4v) is 2.48. The van der Waals surface area contributed by atoms with Crippen LogP contribution in [0.1, 0.15) is 5.56 Å². The summed E-state index contributed by atoms with van der Waals surface area (Å²) in [6.07, 6.45) is 3.55. The molecule has 1 aromatic carbocycles. The predicted molar refractivity (Wildman–Crippen MR) is 86.0 cm³/mol. The van der Waals surface area contributed by atoms with Crippen molar-refractivity contribution in [3.63, 3.8) is 0 Å². The molecule has 0 atom stereocenters. The number of hydrogen-bond donors (Lipinski definition) is 1. The molecular weight excluding hydrogens is 338 g/mol. The lowest BCUT2D eigenvalue weighted by molar-refractivity contribution is 1.14. The Morgan fingerprint density at radius 1 is 1.15 bits per heavy atom. The van der Waals surface area contributed by atoms with Crippen LogP contribution < -0.4 is 5.32 Å². The lowest BCUT2D eigenvalue weighted by Crippen LogP contribution is -2.01. The average molecular weight is 349 g/mol. The molecule has 0 unspecified atom stereocenters. The fraction of sp³-hybridized carbons (Fsp3) is 0.0667. The molecule has 3 aromatic rings. The number of anilines is 1. The number of benzene rings is 1. The van der Waals surface area contributed by atoms with E-state index in [0.29, 0.717) is 11.7 Å². The number of hydrogen-bond acceptors (Lipinski definition) is 3. The first-order valence-electron chi connectivity index (χ1n) is 6.11. The van der Waals surface area contributed by atoms with Crippen LogP contribution in [0.25, 0.3) is 10.9 Å². The van der Waals surface area contributed by atoms with Crippen LogP contribution in [-0.4, -0.2) is 9.97 Å². The van der Waals surface area contributed by atoms with Crippen molar-refractivity contribution in [1.82, 2.24) is 9.97 Å². The maximum Gasteiger partial charge on any atom is 0.143 e. The summed E-state index contributed by atoms with van der Waals surface area (Å²) in [6.45, 7) is 0.707. The summed E-state index contributed by atoms with van der Waals surface area (Å²) in [4.78, 5) is 8.45. The van der Waals surface area contributed by atoms with Gasteiger partial charge in [0.15, 0.2) is 0 Å². The second kappa shape index (κ2) is 5.77. The number of pyridine rings is 2. The van der Waals surface area contributed by atoms with Crippen molar-refractivity contribution in [1.29, 1.82) is 0 Å². The summed E-state index contributed by atoms with van der Waals surface area (Å²) in [6, 6.07) is 12.0. The highest BCUT2D eigenvalue weighted by Gasteiger charge is 2.03. The average Bonchev–Trinajstić information content (AvgIpc) is 2.48. The highest BCUT2D eigenvalue weighted by atomic mass is 79.9. The SMILES string of the molecule is Clc1ncc(NCc2ccnc3ccccc23)cc1Br. The predicted octanol–water partition coefficient (Wildman–Crippen LogP) is 4.66. The quantitative estimate of drug-likeness (QED) is 0.700. The molecule has 0 amide bonds. The van der Waals surface area contributed by atoms with E-state index in [-0.39, 0.29) is 0 Å². The van der Waals surface area contributed by atoms with Crippen molar-refractivity contribution < 1.29 is 0 Å². The molecule has 5 heteroatoms. The monoisotopic (exact) mass is 347 g/mol. The largest absolute Gasteiger partial charge is 0.380 e. The van der Waals surface area contributed by atoms with Crippen LogP contribution in [0.15, 0.2) is 53.3 Å². The van der Waals surface area contributed by atoms with E-state index in [1.807, 2.05) is 36.5 Å². The molecule has 0 aliphatic heterocycles. The molecule has 3 rings (SSSR count). The normalized spacial score (nSPS) is 10.7. The van der Waals surface area contributed by atoms with Crippen molar-refractivity contribution in [2.45, 2.75) is 6.54 Å². The van der Waals surface area contributed by atoms with Gasteiger partial charge in [0.05, 0.1) is 21.9 Å². The molecule has 0 spiro atoms. The molecule has 1 N–H and O–H groups in total. The van der Waals surface area contributed by atoms with Gasteiger partial charge in [0.2, 0.25) is 0 Å². The number of halogens is 2. The highest BCUT2D eigenvalue weighted by Crippen LogP contribution is 2.24. The van der Waals surface area contributed by atoms with Crippen LogP contribution in [0, 0.1) is 0 Å². The molecule has 0 fully saturated rings. The number of nitrogens with zero attached hydrogens (tertiary/aromatic N) is 2. The summed E-state index contributed by atoms with van der Waals surface area (Å²) in [5.41, 5.74) is 3.12. The first-order valence-corrected chi connectivity index (χ1v) is 7.29. The molecule has 0 saturated carbocycles. The molecule has 0 bridgehead atoms. The van der Waals surface area contributed by atoms with Crippen LogP contribution in [-0.2, 0) is 6.54 Å². The van der Waals surface area contributed by atoms with Gasteiger partial charge in [0.25, 0.3) is 0 Å². The van der Waals surface area contributed by atoms with Crippen LogP contribution >= 0.6 is 27.5 Å². The molecule has 100 valence electrons. The van der Waals surface area contributed by atoms with Gasteiger partial charge in [-0.1, -0.05) is 29.8 Å². The zero-order valence-electron chi connectivity index (χ0n) is 10.5. The minimum atomic E-state index is 0.463. The molecule has 2 heterocycles. The van der Waals surface area contributed by atoms with E-state index < -0.39 is 0 Å². The van der Waals surface area contributed by atoms with Crippen molar-refractivity contribution in [3.8, 4) is 0 Å². The van der Waals surface area contributed by atoms with Crippen LogP contribution in [0.3, 0.4) is 0 Å². The van der Waals surface area contributed by atoms with E-state index in [2.05, 4.69) is 37.3 Å². The van der Waals surface area contributed by atoms with Crippen molar-refractivity contribution in [2.24, 2.45) is 0 Å². The Hall–Kier alpha value is -1.65. The van der Waals surface area contributed by atoms with Gasteiger partial charge < -0.3 is 5.32 Å². The van der Waals surface area contributed by atoms with Gasteiger partial charge in [0.1, 0.15) is 5.15 Å². The third-order valence-corrected chi connectivity index (χ3v) is 4.15. The summed E-state index contributed by atoms with van der Waals surface area (Å²) < 4.78 is 0.781. The maximum atomic E-state index is 5.88. The van der Waals surface area contributed by atoms with Gasteiger partial charge >= 0.3 is 0 Å². The Balaban J connectivity index is 1.85. The van der Waals surface area contributed by atoms with Gasteiger partial charge in [-0.05, 0) is 39.7 Å². The van der Waals surface area contributed by atoms with Gasteiger partial charge in [-0.15, -0.1) is 0 Å². The van der Waals surface area contributed by atoms with Gasteiger partial charge in [0, 0.05) is 18.1 Å². The number of nitrogens with one attached hydrogen (secondary N) is 1. The molecule has 20 heavy (non-hydrogen) atoms. The molecule has 3 nitrogen and oxygen atoms in total. The number of rotatable bonds is 3. The van der Waals surface area contributed by atoms with E-state index in [4.69, 9.17) is 11.6 Å². The van der Waals surface area contributed by atoms with E-state index in [1.165, 1.54) is 5.56 Å². The standard InChI is InChI=1S/C15H11BrClN3/c16-13-7-11(9-20-15(13)17)19-8-10-5-6-18-14-4-2-1-3-12(10)14/h1-7,9,19H,8H2. The third-order valence-electron chi connectivity index (χ3n) is 3.02. The molecule has 0 radical (unpaired) electrons. The van der Waals surface area contributed by atoms with Crippen LogP contribution in [0.2, 0.25) is 5.15 Å². The summed E-state index contributed by atoms with van der Waals surface area (Å²) in [5, 5.41) is 4.96. The van der Waals surface area contributed by atoms with Crippen molar-refractivity contribution in [3.05, 3.63) is 64.0 Å². The molecule has 0 saturated heterocycles. The summed E-state index contributed by atoms with van der Waals surface area (Å²) in [7, 11) is 0. The van der Waals surface area contributed by atoms with E-state index in [9.17, 15) is 0 Å². The van der Waals surface area contributed by atoms with Gasteiger partial charge in [-0.2, -0.15) is 0 Å². The van der Waals surface area contributed by atoms with Gasteiger partial charge in [-0.25, -0.2) is 4.98 Å².